The number of hydrogen-bond donors (Lipinski definition) is 0. The number of rotatable bonds is 6. The first-order chi connectivity index (χ1) is 27.7. The van der Waals surface area contributed by atoms with Crippen LogP contribution in [0.25, 0.3) is 104 Å². The van der Waals surface area contributed by atoms with Crippen molar-refractivity contribution in [2.24, 2.45) is 0 Å². The summed E-state index contributed by atoms with van der Waals surface area (Å²) in [6, 6.07) is 68.6. The van der Waals surface area contributed by atoms with Crippen LogP contribution in [0.2, 0.25) is 0 Å². The van der Waals surface area contributed by atoms with E-state index in [9.17, 15) is 0 Å². The summed E-state index contributed by atoms with van der Waals surface area (Å²) >= 11 is 1.79. The number of fused-ring (bicyclic) bond motifs is 6. The lowest BCUT2D eigenvalue weighted by molar-refractivity contribution is 1.08. The molecule has 4 nitrogen and oxygen atoms in total. The molecule has 0 bridgehead atoms. The van der Waals surface area contributed by atoms with E-state index in [2.05, 4.69) is 193 Å². The molecule has 262 valence electrons. The van der Waals surface area contributed by atoms with Crippen LogP contribution in [0.4, 0.5) is 0 Å². The third kappa shape index (κ3) is 5.48. The first kappa shape index (κ1) is 32.2. The number of para-hydroxylation sites is 2. The van der Waals surface area contributed by atoms with Crippen molar-refractivity contribution in [2.45, 2.75) is 0 Å². The molecule has 5 heteroatoms. The molecule has 0 fully saturated rings. The normalized spacial score (nSPS) is 11.6. The van der Waals surface area contributed by atoms with Gasteiger partial charge in [0.15, 0.2) is 17.5 Å². The van der Waals surface area contributed by atoms with Crippen molar-refractivity contribution in [1.82, 2.24) is 19.5 Å². The van der Waals surface area contributed by atoms with Gasteiger partial charge >= 0.3 is 0 Å². The Kier molecular flexibility index (Phi) is 7.64. The molecular formula is C51H32N4S. The molecule has 56 heavy (non-hydrogen) atoms. The van der Waals surface area contributed by atoms with Crippen LogP contribution >= 0.6 is 11.3 Å². The molecule has 0 saturated heterocycles. The Balaban J connectivity index is 1.07. The average Bonchev–Trinajstić information content (AvgIpc) is 3.83. The number of thiophene rings is 1. The van der Waals surface area contributed by atoms with Crippen LogP contribution in [0.1, 0.15) is 0 Å². The molecule has 0 aliphatic rings. The molecule has 11 aromatic rings. The molecule has 11 rings (SSSR count). The fourth-order valence-electron chi connectivity index (χ4n) is 7.94. The van der Waals surface area contributed by atoms with Gasteiger partial charge in [-0.2, -0.15) is 0 Å². The van der Waals surface area contributed by atoms with Gasteiger partial charge in [-0.05, 0) is 58.7 Å². The van der Waals surface area contributed by atoms with E-state index in [0.29, 0.717) is 17.5 Å². The lowest BCUT2D eigenvalue weighted by atomic mass is 9.99. The van der Waals surface area contributed by atoms with Gasteiger partial charge in [0.2, 0.25) is 0 Å². The highest BCUT2D eigenvalue weighted by atomic mass is 32.1. The van der Waals surface area contributed by atoms with E-state index < -0.39 is 0 Å². The van der Waals surface area contributed by atoms with Gasteiger partial charge in [-0.25, -0.2) is 15.0 Å². The summed E-state index contributed by atoms with van der Waals surface area (Å²) in [5.41, 5.74) is 11.0. The van der Waals surface area contributed by atoms with Crippen LogP contribution in [-0.2, 0) is 0 Å². The molecule has 0 saturated carbocycles. The van der Waals surface area contributed by atoms with Crippen molar-refractivity contribution < 1.29 is 0 Å². The number of hydrogen-bond acceptors (Lipinski definition) is 4. The summed E-state index contributed by atoms with van der Waals surface area (Å²) in [6.45, 7) is 0. The molecule has 0 radical (unpaired) electrons. The van der Waals surface area contributed by atoms with Gasteiger partial charge in [0.1, 0.15) is 0 Å². The van der Waals surface area contributed by atoms with Crippen LogP contribution in [-0.4, -0.2) is 19.5 Å². The Labute approximate surface area is 327 Å². The standard InChI is InChI=1S/C51H32N4S/c1-3-12-33(13-4-1)34-22-24-35(25-23-34)36-26-28-37(29-27-36)49-52-50(54-51(53-49)44-19-11-18-43-42-17-8-10-21-47(42)56-48(43)44)38-30-31-41-40-16-7-9-20-45(40)55(46(41)32-38)39-14-5-2-6-15-39/h1-32H. The van der Waals surface area contributed by atoms with E-state index in [-0.39, 0.29) is 0 Å². The third-order valence-electron chi connectivity index (χ3n) is 10.7. The molecule has 0 amide bonds. The summed E-state index contributed by atoms with van der Waals surface area (Å²) < 4.78 is 4.75. The maximum atomic E-state index is 5.26. The topological polar surface area (TPSA) is 43.6 Å². The van der Waals surface area contributed by atoms with Crippen molar-refractivity contribution in [3.8, 4) is 62.1 Å². The molecule has 3 aromatic heterocycles. The summed E-state index contributed by atoms with van der Waals surface area (Å²) in [7, 11) is 0. The fraction of sp³-hybridized carbons (Fsp3) is 0. The largest absolute Gasteiger partial charge is 0.309 e. The zero-order chi connectivity index (χ0) is 37.0. The van der Waals surface area contributed by atoms with Crippen molar-refractivity contribution in [2.75, 3.05) is 0 Å². The van der Waals surface area contributed by atoms with Crippen molar-refractivity contribution in [3.05, 3.63) is 194 Å². The summed E-state index contributed by atoms with van der Waals surface area (Å²) in [5.74, 6) is 1.93. The fourth-order valence-corrected chi connectivity index (χ4v) is 9.15. The SMILES string of the molecule is c1ccc(-c2ccc(-c3ccc(-c4nc(-c5ccc6c7ccccc7n(-c7ccccc7)c6c5)nc(-c5cccc6c5sc5ccccc56)n4)cc3)cc2)cc1. The minimum absolute atomic E-state index is 0.635. The van der Waals surface area contributed by atoms with E-state index in [1.165, 1.54) is 42.1 Å². The molecule has 0 atom stereocenters. The highest BCUT2D eigenvalue weighted by molar-refractivity contribution is 7.26. The van der Waals surface area contributed by atoms with Gasteiger partial charge < -0.3 is 4.57 Å². The number of benzene rings is 8. The second-order valence-corrected chi connectivity index (χ2v) is 15.1. The Morgan fingerprint density at radius 2 is 0.857 bits per heavy atom. The quantitative estimate of drug-likeness (QED) is 0.171. The van der Waals surface area contributed by atoms with Gasteiger partial charge in [0.25, 0.3) is 0 Å². The molecular weight excluding hydrogens is 701 g/mol. The summed E-state index contributed by atoms with van der Waals surface area (Å²) in [6.07, 6.45) is 0. The molecule has 8 aromatic carbocycles. The molecule has 0 aliphatic carbocycles. The Bertz CT molecular complexity index is 3220. The van der Waals surface area contributed by atoms with E-state index in [0.717, 1.165) is 44.5 Å². The number of nitrogens with zero attached hydrogens (tertiary/aromatic N) is 4. The predicted octanol–water partition coefficient (Wildman–Crippen LogP) is 13.7. The maximum Gasteiger partial charge on any atom is 0.165 e. The van der Waals surface area contributed by atoms with Gasteiger partial charge in [0, 0.05) is 53.3 Å². The van der Waals surface area contributed by atoms with E-state index in [1.54, 1.807) is 11.3 Å². The summed E-state index contributed by atoms with van der Waals surface area (Å²) in [5, 5.41) is 4.85. The molecule has 0 unspecified atom stereocenters. The Morgan fingerprint density at radius 1 is 0.339 bits per heavy atom. The third-order valence-corrected chi connectivity index (χ3v) is 11.9. The van der Waals surface area contributed by atoms with Gasteiger partial charge in [0.05, 0.1) is 11.0 Å². The van der Waals surface area contributed by atoms with Crippen molar-refractivity contribution in [1.29, 1.82) is 0 Å². The van der Waals surface area contributed by atoms with Crippen LogP contribution in [0.3, 0.4) is 0 Å². The lowest BCUT2D eigenvalue weighted by Gasteiger charge is -2.11. The maximum absolute atomic E-state index is 5.26. The van der Waals surface area contributed by atoms with E-state index >= 15 is 0 Å². The van der Waals surface area contributed by atoms with Gasteiger partial charge in [-0.15, -0.1) is 11.3 Å². The second-order valence-electron chi connectivity index (χ2n) is 14.0. The molecule has 0 spiro atoms. The summed E-state index contributed by atoms with van der Waals surface area (Å²) in [4.78, 5) is 15.7. The van der Waals surface area contributed by atoms with Crippen LogP contribution in [0, 0.1) is 0 Å². The zero-order valence-electron chi connectivity index (χ0n) is 30.2. The van der Waals surface area contributed by atoms with E-state index in [4.69, 9.17) is 15.0 Å². The minimum atomic E-state index is 0.635. The smallest absolute Gasteiger partial charge is 0.165 e. The monoisotopic (exact) mass is 732 g/mol. The predicted molar refractivity (Wildman–Crippen MR) is 234 cm³/mol. The highest BCUT2D eigenvalue weighted by Gasteiger charge is 2.19. The van der Waals surface area contributed by atoms with Crippen molar-refractivity contribution >= 4 is 53.3 Å². The lowest BCUT2D eigenvalue weighted by Crippen LogP contribution is -2.00. The van der Waals surface area contributed by atoms with Crippen LogP contribution in [0.15, 0.2) is 194 Å². The first-order valence-corrected chi connectivity index (χ1v) is 19.6. The van der Waals surface area contributed by atoms with Gasteiger partial charge in [-0.3, -0.25) is 0 Å². The Hall–Kier alpha value is -7.21. The molecule has 0 aliphatic heterocycles. The second kappa shape index (κ2) is 13.3. The minimum Gasteiger partial charge on any atom is -0.309 e. The number of aromatic nitrogens is 4. The van der Waals surface area contributed by atoms with Crippen LogP contribution in [0.5, 0.6) is 0 Å². The van der Waals surface area contributed by atoms with Gasteiger partial charge in [-0.1, -0.05) is 158 Å². The van der Waals surface area contributed by atoms with Crippen molar-refractivity contribution in [3.63, 3.8) is 0 Å². The Morgan fingerprint density at radius 3 is 1.59 bits per heavy atom. The van der Waals surface area contributed by atoms with Crippen LogP contribution < -0.4 is 0 Å². The zero-order valence-corrected chi connectivity index (χ0v) is 31.0. The van der Waals surface area contributed by atoms with E-state index in [1.807, 2.05) is 6.07 Å². The average molecular weight is 733 g/mol. The first-order valence-electron chi connectivity index (χ1n) is 18.8. The molecule has 0 N–H and O–H groups in total. The molecule has 3 heterocycles. The highest BCUT2D eigenvalue weighted by Crippen LogP contribution is 2.40.